The number of hydrogen-bond donors (Lipinski definition) is 2. The molecule has 4 aliphatic carbocycles. The van der Waals surface area contributed by atoms with Gasteiger partial charge in [-0.15, -0.1) is 0 Å². The van der Waals surface area contributed by atoms with Crippen LogP contribution in [0.4, 0.5) is 10.1 Å². The molecule has 0 heterocycles. The summed E-state index contributed by atoms with van der Waals surface area (Å²) in [6.45, 7) is 0. The third-order valence-corrected chi connectivity index (χ3v) is 5.35. The minimum atomic E-state index is -0.899. The lowest BCUT2D eigenvalue weighted by atomic mass is 9.62. The van der Waals surface area contributed by atoms with Gasteiger partial charge in [-0.05, 0) is 54.4 Å². The molecule has 0 saturated heterocycles. The van der Waals surface area contributed by atoms with Crippen molar-refractivity contribution in [1.82, 2.24) is 0 Å². The minimum Gasteiger partial charge on any atom is -0.481 e. The largest absolute Gasteiger partial charge is 0.481 e. The molecule has 2 fully saturated rings. The van der Waals surface area contributed by atoms with Crippen LogP contribution in [0.1, 0.15) is 6.42 Å². The fourth-order valence-electron chi connectivity index (χ4n) is 4.33. The van der Waals surface area contributed by atoms with E-state index in [4.69, 9.17) is 0 Å². The van der Waals surface area contributed by atoms with Crippen LogP contribution < -0.4 is 5.32 Å². The minimum absolute atomic E-state index is 0.0107. The van der Waals surface area contributed by atoms with Crippen LogP contribution in [0.25, 0.3) is 0 Å². The number of rotatable bonds is 3. The number of anilines is 1. The SMILES string of the molecule is O=C(Nc1ccc(F)cc1)[C@@H]1[C@@H]2C=C[C@H]([C@H]3C[C@H]23)[C@@H]1C(=O)O. The molecule has 2 saturated carbocycles. The summed E-state index contributed by atoms with van der Waals surface area (Å²) in [6, 6.07) is 5.52. The highest BCUT2D eigenvalue weighted by Crippen LogP contribution is 2.63. The Morgan fingerprint density at radius 2 is 1.64 bits per heavy atom. The molecular weight excluding hydrogens is 285 g/mol. The first-order valence-electron chi connectivity index (χ1n) is 7.54. The molecule has 2 N–H and O–H groups in total. The van der Waals surface area contributed by atoms with Crippen LogP contribution in [0.3, 0.4) is 0 Å². The van der Waals surface area contributed by atoms with Crippen molar-refractivity contribution in [2.45, 2.75) is 6.42 Å². The summed E-state index contributed by atoms with van der Waals surface area (Å²) < 4.78 is 12.9. The van der Waals surface area contributed by atoms with Crippen LogP contribution in [0.15, 0.2) is 36.4 Å². The number of carbonyl (C=O) groups excluding carboxylic acids is 1. The topological polar surface area (TPSA) is 66.4 Å². The highest BCUT2D eigenvalue weighted by atomic mass is 19.1. The summed E-state index contributed by atoms with van der Waals surface area (Å²) in [5.74, 6) is -1.87. The third-order valence-electron chi connectivity index (χ3n) is 5.35. The van der Waals surface area contributed by atoms with Gasteiger partial charge in [0.1, 0.15) is 5.82 Å². The molecule has 6 atom stereocenters. The number of carboxylic acid groups (broad SMARTS) is 1. The van der Waals surface area contributed by atoms with E-state index in [1.807, 2.05) is 12.2 Å². The maximum atomic E-state index is 12.9. The van der Waals surface area contributed by atoms with Crippen LogP contribution in [-0.4, -0.2) is 17.0 Å². The first-order chi connectivity index (χ1) is 10.6. The zero-order chi connectivity index (χ0) is 15.4. The van der Waals surface area contributed by atoms with Gasteiger partial charge in [0, 0.05) is 5.69 Å². The molecule has 5 heteroatoms. The fourth-order valence-corrected chi connectivity index (χ4v) is 4.33. The fraction of sp³-hybridized carbons (Fsp3) is 0.412. The summed E-state index contributed by atoms with van der Waals surface area (Å²) in [7, 11) is 0. The second-order valence-corrected chi connectivity index (χ2v) is 6.49. The number of amides is 1. The van der Waals surface area contributed by atoms with E-state index in [0.29, 0.717) is 17.5 Å². The zero-order valence-electron chi connectivity index (χ0n) is 11.8. The Kier molecular flexibility index (Phi) is 2.86. The predicted molar refractivity (Wildman–Crippen MR) is 77.4 cm³/mol. The van der Waals surface area contributed by atoms with E-state index in [9.17, 15) is 19.1 Å². The molecule has 1 aromatic rings. The lowest BCUT2D eigenvalue weighted by Crippen LogP contribution is -2.48. The van der Waals surface area contributed by atoms with Crippen LogP contribution in [-0.2, 0) is 9.59 Å². The van der Waals surface area contributed by atoms with E-state index in [1.54, 1.807) is 0 Å². The number of nitrogens with one attached hydrogen (secondary N) is 1. The summed E-state index contributed by atoms with van der Waals surface area (Å²) in [6.07, 6.45) is 5.03. The standard InChI is InChI=1S/C17H16FNO3/c18-8-1-3-9(4-2-8)19-16(20)14-10-5-6-11(13-7-12(10)13)15(14)17(21)22/h1-6,10-15H,7H2,(H,19,20)(H,21,22)/t10-,11-,12-,13-,14-,15+/m1/s1. The molecule has 0 spiro atoms. The zero-order valence-corrected chi connectivity index (χ0v) is 11.8. The van der Waals surface area contributed by atoms with E-state index in [-0.39, 0.29) is 23.6 Å². The molecule has 1 aromatic carbocycles. The molecule has 0 aliphatic heterocycles. The number of carbonyl (C=O) groups is 2. The molecule has 4 nitrogen and oxygen atoms in total. The van der Waals surface area contributed by atoms with Crippen LogP contribution in [0, 0.1) is 41.3 Å². The van der Waals surface area contributed by atoms with Gasteiger partial charge in [0.05, 0.1) is 11.8 Å². The Morgan fingerprint density at radius 3 is 2.23 bits per heavy atom. The maximum absolute atomic E-state index is 12.9. The first-order valence-corrected chi connectivity index (χ1v) is 7.54. The Bertz CT molecular complexity index is 669. The molecule has 1 amide bonds. The van der Waals surface area contributed by atoms with Crippen molar-refractivity contribution in [2.24, 2.45) is 35.5 Å². The second kappa shape index (κ2) is 4.66. The van der Waals surface area contributed by atoms with E-state index >= 15 is 0 Å². The molecule has 22 heavy (non-hydrogen) atoms. The van der Waals surface area contributed by atoms with Gasteiger partial charge in [-0.2, -0.15) is 0 Å². The summed E-state index contributed by atoms with van der Waals surface area (Å²) >= 11 is 0. The van der Waals surface area contributed by atoms with Crippen LogP contribution in [0.5, 0.6) is 0 Å². The van der Waals surface area contributed by atoms with E-state index in [1.165, 1.54) is 24.3 Å². The van der Waals surface area contributed by atoms with E-state index in [0.717, 1.165) is 6.42 Å². The van der Waals surface area contributed by atoms with E-state index in [2.05, 4.69) is 5.32 Å². The van der Waals surface area contributed by atoms with Crippen molar-refractivity contribution < 1.29 is 19.1 Å². The molecular formula is C17H16FNO3. The molecule has 5 rings (SSSR count). The average Bonchev–Trinajstić information content (AvgIpc) is 3.30. The quantitative estimate of drug-likeness (QED) is 0.843. The van der Waals surface area contributed by atoms with E-state index < -0.39 is 17.8 Å². The van der Waals surface area contributed by atoms with Gasteiger partial charge in [-0.25, -0.2) is 4.39 Å². The van der Waals surface area contributed by atoms with Gasteiger partial charge >= 0.3 is 5.97 Å². The summed E-state index contributed by atoms with van der Waals surface area (Å²) in [5.41, 5.74) is 0.494. The van der Waals surface area contributed by atoms with Crippen molar-refractivity contribution in [1.29, 1.82) is 0 Å². The highest BCUT2D eigenvalue weighted by Gasteiger charge is 2.62. The van der Waals surface area contributed by atoms with Gasteiger partial charge in [-0.1, -0.05) is 12.2 Å². The summed E-state index contributed by atoms with van der Waals surface area (Å²) in [5, 5.41) is 12.3. The lowest BCUT2D eigenvalue weighted by molar-refractivity contribution is -0.152. The Labute approximate surface area is 127 Å². The van der Waals surface area contributed by atoms with Crippen molar-refractivity contribution >= 4 is 17.6 Å². The monoisotopic (exact) mass is 301 g/mol. The Hall–Kier alpha value is -2.17. The highest BCUT2D eigenvalue weighted by molar-refractivity contribution is 5.96. The number of fused-ring (bicyclic) bond motifs is 1. The van der Waals surface area contributed by atoms with Crippen molar-refractivity contribution in [3.63, 3.8) is 0 Å². The Morgan fingerprint density at radius 1 is 1.05 bits per heavy atom. The van der Waals surface area contributed by atoms with Gasteiger partial charge < -0.3 is 10.4 Å². The molecule has 0 aromatic heterocycles. The molecule has 0 unspecified atom stereocenters. The van der Waals surface area contributed by atoms with Crippen molar-refractivity contribution in [3.05, 3.63) is 42.2 Å². The second-order valence-electron chi connectivity index (χ2n) is 6.49. The average molecular weight is 301 g/mol. The molecule has 2 bridgehead atoms. The predicted octanol–water partition coefficient (Wildman–Crippen LogP) is 2.53. The molecule has 114 valence electrons. The molecule has 4 aliphatic rings. The number of allylic oxidation sites excluding steroid dienone is 2. The van der Waals surface area contributed by atoms with Gasteiger partial charge in [-0.3, -0.25) is 9.59 Å². The number of halogens is 1. The lowest BCUT2D eigenvalue weighted by Gasteiger charge is -2.41. The van der Waals surface area contributed by atoms with Gasteiger partial charge in [0.15, 0.2) is 0 Å². The number of aliphatic carboxylic acids is 1. The Balaban J connectivity index is 1.60. The van der Waals surface area contributed by atoms with Crippen molar-refractivity contribution in [2.75, 3.05) is 5.32 Å². The number of hydrogen-bond acceptors (Lipinski definition) is 2. The van der Waals surface area contributed by atoms with Crippen LogP contribution in [0.2, 0.25) is 0 Å². The van der Waals surface area contributed by atoms with Crippen LogP contribution >= 0.6 is 0 Å². The first kappa shape index (κ1) is 13.5. The third kappa shape index (κ3) is 1.95. The van der Waals surface area contributed by atoms with Gasteiger partial charge in [0.2, 0.25) is 5.91 Å². The van der Waals surface area contributed by atoms with Crippen molar-refractivity contribution in [3.8, 4) is 0 Å². The smallest absolute Gasteiger partial charge is 0.307 e. The maximum Gasteiger partial charge on any atom is 0.307 e. The van der Waals surface area contributed by atoms with Gasteiger partial charge in [0.25, 0.3) is 0 Å². The number of benzene rings is 1. The molecule has 0 radical (unpaired) electrons. The number of carboxylic acids is 1. The summed E-state index contributed by atoms with van der Waals surface area (Å²) in [4.78, 5) is 24.3. The normalized spacial score (nSPS) is 37.5.